The van der Waals surface area contributed by atoms with Gasteiger partial charge in [0.1, 0.15) is 11.3 Å². The summed E-state index contributed by atoms with van der Waals surface area (Å²) in [5, 5.41) is 9.36. The predicted octanol–water partition coefficient (Wildman–Crippen LogP) is 3.72. The highest BCUT2D eigenvalue weighted by Crippen LogP contribution is 2.31. The summed E-state index contributed by atoms with van der Waals surface area (Å²) in [6, 6.07) is 9.23. The molecule has 0 atom stereocenters. The van der Waals surface area contributed by atoms with Crippen LogP contribution in [0.5, 0.6) is 0 Å². The van der Waals surface area contributed by atoms with E-state index in [4.69, 9.17) is 0 Å². The third-order valence-electron chi connectivity index (χ3n) is 3.22. The van der Waals surface area contributed by atoms with Gasteiger partial charge < -0.3 is 5.11 Å². The lowest BCUT2D eigenvalue weighted by Crippen LogP contribution is -2.05. The number of pyridine rings is 1. The van der Waals surface area contributed by atoms with E-state index in [1.165, 1.54) is 16.5 Å². The van der Waals surface area contributed by atoms with Crippen molar-refractivity contribution in [2.24, 2.45) is 0 Å². The topological polar surface area (TPSA) is 54.6 Å². The Labute approximate surface area is 122 Å². The first-order valence-electron chi connectivity index (χ1n) is 6.26. The van der Waals surface area contributed by atoms with Crippen molar-refractivity contribution in [2.45, 2.75) is 6.18 Å². The van der Waals surface area contributed by atoms with Gasteiger partial charge in [-0.25, -0.2) is 9.78 Å². The zero-order valence-electron chi connectivity index (χ0n) is 11.0. The van der Waals surface area contributed by atoms with Gasteiger partial charge in [-0.3, -0.25) is 4.40 Å². The van der Waals surface area contributed by atoms with E-state index < -0.39 is 17.7 Å². The summed E-state index contributed by atoms with van der Waals surface area (Å²) in [5.74, 6) is -1.20. The molecule has 0 saturated heterocycles. The number of aromatic carboxylic acids is 1. The van der Waals surface area contributed by atoms with E-state index in [1.54, 1.807) is 24.4 Å². The predicted molar refractivity (Wildman–Crippen MR) is 72.6 cm³/mol. The first-order valence-corrected chi connectivity index (χ1v) is 6.26. The van der Waals surface area contributed by atoms with E-state index in [1.807, 2.05) is 0 Å². The molecule has 0 bridgehead atoms. The van der Waals surface area contributed by atoms with Crippen LogP contribution in [0.2, 0.25) is 0 Å². The highest BCUT2D eigenvalue weighted by atomic mass is 19.4. The summed E-state index contributed by atoms with van der Waals surface area (Å²) in [4.78, 5) is 15.7. The normalized spacial score (nSPS) is 11.8. The molecule has 0 fully saturated rings. The van der Waals surface area contributed by atoms with Crippen molar-refractivity contribution in [3.8, 4) is 11.3 Å². The van der Waals surface area contributed by atoms with E-state index in [0.29, 0.717) is 11.2 Å². The molecule has 2 heterocycles. The lowest BCUT2D eigenvalue weighted by molar-refractivity contribution is -0.137. The summed E-state index contributed by atoms with van der Waals surface area (Å²) >= 11 is 0. The number of carboxylic acid groups (broad SMARTS) is 1. The highest BCUT2D eigenvalue weighted by Gasteiger charge is 2.30. The van der Waals surface area contributed by atoms with Crippen LogP contribution in [0.3, 0.4) is 0 Å². The minimum Gasteiger partial charge on any atom is -0.476 e. The van der Waals surface area contributed by atoms with Gasteiger partial charge in [-0.05, 0) is 24.3 Å². The highest BCUT2D eigenvalue weighted by molar-refractivity contribution is 5.94. The fourth-order valence-electron chi connectivity index (χ4n) is 2.22. The van der Waals surface area contributed by atoms with Crippen molar-refractivity contribution in [1.29, 1.82) is 0 Å². The molecular formula is C15H9F3N2O2. The van der Waals surface area contributed by atoms with E-state index in [0.717, 1.165) is 12.1 Å². The third-order valence-corrected chi connectivity index (χ3v) is 3.22. The Morgan fingerprint density at radius 3 is 2.36 bits per heavy atom. The number of nitrogens with zero attached hydrogens (tertiary/aromatic N) is 2. The Balaban J connectivity index is 2.18. The Hall–Kier alpha value is -2.83. The molecule has 0 aliphatic carbocycles. The number of carbonyl (C=O) groups is 1. The van der Waals surface area contributed by atoms with Crippen LogP contribution in [0.1, 0.15) is 16.1 Å². The molecule has 7 heteroatoms. The van der Waals surface area contributed by atoms with Crippen molar-refractivity contribution >= 4 is 11.6 Å². The first-order chi connectivity index (χ1) is 10.4. The summed E-state index contributed by atoms with van der Waals surface area (Å²) in [5.41, 5.74) is -0.0245. The fourth-order valence-corrected chi connectivity index (χ4v) is 2.22. The molecule has 3 aromatic rings. The standard InChI is InChI=1S/C15H9F3N2O2/c16-15(17,18)10-6-4-9(5-7-10)12-13(14(21)22)20-8-2-1-3-11(20)19-12/h1-8H,(H,21,22). The van der Waals surface area contributed by atoms with Gasteiger partial charge >= 0.3 is 12.1 Å². The Bertz CT molecular complexity index is 851. The van der Waals surface area contributed by atoms with Gasteiger partial charge in [-0.15, -0.1) is 0 Å². The SMILES string of the molecule is O=C(O)c1c(-c2ccc(C(F)(F)F)cc2)nc2ccccn12. The van der Waals surface area contributed by atoms with Crippen molar-refractivity contribution in [2.75, 3.05) is 0 Å². The second kappa shape index (κ2) is 4.87. The molecule has 4 nitrogen and oxygen atoms in total. The fraction of sp³-hybridized carbons (Fsp3) is 0.0667. The average molecular weight is 306 g/mol. The van der Waals surface area contributed by atoms with Crippen LogP contribution in [0, 0.1) is 0 Å². The molecule has 1 N–H and O–H groups in total. The van der Waals surface area contributed by atoms with Gasteiger partial charge in [0.2, 0.25) is 0 Å². The number of aromatic nitrogens is 2. The van der Waals surface area contributed by atoms with Gasteiger partial charge in [-0.2, -0.15) is 13.2 Å². The number of benzene rings is 1. The maximum absolute atomic E-state index is 12.6. The van der Waals surface area contributed by atoms with Crippen LogP contribution in [-0.2, 0) is 6.18 Å². The summed E-state index contributed by atoms with van der Waals surface area (Å²) in [7, 11) is 0. The molecule has 0 spiro atoms. The summed E-state index contributed by atoms with van der Waals surface area (Å²) in [6.45, 7) is 0. The van der Waals surface area contributed by atoms with Crippen LogP contribution < -0.4 is 0 Å². The monoisotopic (exact) mass is 306 g/mol. The lowest BCUT2D eigenvalue weighted by atomic mass is 10.1. The maximum atomic E-state index is 12.6. The minimum atomic E-state index is -4.44. The second-order valence-corrected chi connectivity index (χ2v) is 4.62. The molecule has 22 heavy (non-hydrogen) atoms. The molecule has 0 amide bonds. The molecule has 2 aromatic heterocycles. The number of imidazole rings is 1. The average Bonchev–Trinajstić information content (AvgIpc) is 2.86. The lowest BCUT2D eigenvalue weighted by Gasteiger charge is -2.07. The Morgan fingerprint density at radius 1 is 1.09 bits per heavy atom. The zero-order chi connectivity index (χ0) is 15.9. The summed E-state index contributed by atoms with van der Waals surface area (Å²) < 4.78 is 39.1. The van der Waals surface area contributed by atoms with Crippen molar-refractivity contribution in [3.63, 3.8) is 0 Å². The van der Waals surface area contributed by atoms with Crippen LogP contribution in [-0.4, -0.2) is 20.5 Å². The molecule has 0 saturated carbocycles. The summed E-state index contributed by atoms with van der Waals surface area (Å²) in [6.07, 6.45) is -2.90. The van der Waals surface area contributed by atoms with Crippen LogP contribution in [0.25, 0.3) is 16.9 Å². The minimum absolute atomic E-state index is 0.0876. The van der Waals surface area contributed by atoms with Crippen LogP contribution in [0.15, 0.2) is 48.7 Å². The number of carboxylic acids is 1. The smallest absolute Gasteiger partial charge is 0.416 e. The van der Waals surface area contributed by atoms with Gasteiger partial charge in [0.25, 0.3) is 0 Å². The number of halogens is 3. The quantitative estimate of drug-likeness (QED) is 0.785. The Morgan fingerprint density at radius 2 is 1.77 bits per heavy atom. The van der Waals surface area contributed by atoms with E-state index in [2.05, 4.69) is 4.98 Å². The maximum Gasteiger partial charge on any atom is 0.416 e. The number of alkyl halides is 3. The number of hydrogen-bond donors (Lipinski definition) is 1. The largest absolute Gasteiger partial charge is 0.476 e. The Kier molecular flexibility index (Phi) is 3.13. The molecule has 3 rings (SSSR count). The van der Waals surface area contributed by atoms with Gasteiger partial charge in [0, 0.05) is 11.8 Å². The van der Waals surface area contributed by atoms with Gasteiger partial charge in [0.15, 0.2) is 5.69 Å². The number of rotatable bonds is 2. The van der Waals surface area contributed by atoms with Gasteiger partial charge in [0.05, 0.1) is 5.56 Å². The van der Waals surface area contributed by atoms with E-state index in [-0.39, 0.29) is 11.4 Å². The molecular weight excluding hydrogens is 297 g/mol. The van der Waals surface area contributed by atoms with E-state index in [9.17, 15) is 23.1 Å². The number of fused-ring (bicyclic) bond motifs is 1. The second-order valence-electron chi connectivity index (χ2n) is 4.62. The molecule has 0 aliphatic heterocycles. The van der Waals surface area contributed by atoms with Crippen LogP contribution in [0.4, 0.5) is 13.2 Å². The van der Waals surface area contributed by atoms with Crippen molar-refractivity contribution in [3.05, 3.63) is 59.9 Å². The first kappa shape index (κ1) is 14.1. The van der Waals surface area contributed by atoms with E-state index >= 15 is 0 Å². The number of hydrogen-bond acceptors (Lipinski definition) is 2. The van der Waals surface area contributed by atoms with Crippen LogP contribution >= 0.6 is 0 Å². The molecule has 0 radical (unpaired) electrons. The third kappa shape index (κ3) is 2.30. The zero-order valence-corrected chi connectivity index (χ0v) is 11.0. The van der Waals surface area contributed by atoms with Gasteiger partial charge in [-0.1, -0.05) is 18.2 Å². The van der Waals surface area contributed by atoms with Crippen molar-refractivity contribution < 1.29 is 23.1 Å². The molecule has 112 valence electrons. The molecule has 0 unspecified atom stereocenters. The van der Waals surface area contributed by atoms with Crippen molar-refractivity contribution in [1.82, 2.24) is 9.38 Å². The molecule has 1 aromatic carbocycles. The molecule has 0 aliphatic rings.